The second-order valence-electron chi connectivity index (χ2n) is 7.05. The number of nitrogens with one attached hydrogen (secondary N) is 1. The molecule has 0 aliphatic heterocycles. The molecule has 1 amide bonds. The van der Waals surface area contributed by atoms with E-state index in [1.165, 1.54) is 17.2 Å². The van der Waals surface area contributed by atoms with E-state index < -0.39 is 5.97 Å². The predicted octanol–water partition coefficient (Wildman–Crippen LogP) is 3.33. The van der Waals surface area contributed by atoms with Gasteiger partial charge in [0.1, 0.15) is 0 Å². The lowest BCUT2D eigenvalue weighted by atomic mass is 10.1. The number of esters is 1. The smallest absolute Gasteiger partial charge is 0.331 e. The third-order valence-corrected chi connectivity index (χ3v) is 4.64. The summed E-state index contributed by atoms with van der Waals surface area (Å²) >= 11 is 0. The summed E-state index contributed by atoms with van der Waals surface area (Å²) in [5.41, 5.74) is 5.07. The Morgan fingerprint density at radius 1 is 1.21 bits per heavy atom. The summed E-state index contributed by atoms with van der Waals surface area (Å²) < 4.78 is 6.92. The van der Waals surface area contributed by atoms with Crippen molar-refractivity contribution in [1.29, 1.82) is 0 Å². The van der Waals surface area contributed by atoms with Gasteiger partial charge in [-0.1, -0.05) is 36.8 Å². The van der Waals surface area contributed by atoms with Crippen LogP contribution in [-0.2, 0) is 20.9 Å². The van der Waals surface area contributed by atoms with Gasteiger partial charge >= 0.3 is 5.97 Å². The lowest BCUT2D eigenvalue weighted by Gasteiger charge is -2.10. The minimum atomic E-state index is -0.551. The zero-order valence-corrected chi connectivity index (χ0v) is 17.3. The van der Waals surface area contributed by atoms with Gasteiger partial charge in [0.05, 0.1) is 12.2 Å². The van der Waals surface area contributed by atoms with Gasteiger partial charge in [0.25, 0.3) is 5.91 Å². The van der Waals surface area contributed by atoms with Crippen LogP contribution in [0.25, 0.3) is 6.08 Å². The summed E-state index contributed by atoms with van der Waals surface area (Å²) in [5, 5.41) is 7.32. The number of rotatable bonds is 8. The molecule has 1 heterocycles. The summed E-state index contributed by atoms with van der Waals surface area (Å²) in [4.78, 5) is 23.6. The monoisotopic (exact) mass is 383 g/mol. The van der Waals surface area contributed by atoms with E-state index in [9.17, 15) is 9.59 Å². The van der Waals surface area contributed by atoms with Gasteiger partial charge in [-0.15, -0.1) is 0 Å². The van der Waals surface area contributed by atoms with Gasteiger partial charge in [0.15, 0.2) is 6.61 Å². The highest BCUT2D eigenvalue weighted by molar-refractivity contribution is 5.89. The molecular weight excluding hydrogens is 354 g/mol. The molecule has 1 aromatic carbocycles. The van der Waals surface area contributed by atoms with E-state index in [4.69, 9.17) is 4.74 Å². The molecule has 0 bridgehead atoms. The standard InChI is InChI=1S/C22H29N3O3/c1-6-16(3)23-21(26)14-28-22(27)12-11-20-17(4)24-25(18(20)5)13-19-9-7-15(2)8-10-19/h7-12,16H,6,13-14H2,1-5H3,(H,23,26)/b12-11+. The molecule has 0 fully saturated rings. The Kier molecular flexibility index (Phi) is 7.55. The van der Waals surface area contributed by atoms with Crippen LogP contribution in [0.15, 0.2) is 30.3 Å². The molecule has 6 heteroatoms. The molecule has 1 N–H and O–H groups in total. The van der Waals surface area contributed by atoms with Crippen LogP contribution in [0.3, 0.4) is 0 Å². The molecule has 2 rings (SSSR count). The van der Waals surface area contributed by atoms with Crippen molar-refractivity contribution in [2.75, 3.05) is 6.61 Å². The molecule has 28 heavy (non-hydrogen) atoms. The van der Waals surface area contributed by atoms with Crippen LogP contribution in [0.5, 0.6) is 0 Å². The number of benzene rings is 1. The van der Waals surface area contributed by atoms with Crippen LogP contribution >= 0.6 is 0 Å². The van der Waals surface area contributed by atoms with Crippen molar-refractivity contribution in [2.24, 2.45) is 0 Å². The largest absolute Gasteiger partial charge is 0.452 e. The Balaban J connectivity index is 1.97. The average Bonchev–Trinajstić information content (AvgIpc) is 2.93. The van der Waals surface area contributed by atoms with E-state index in [1.54, 1.807) is 6.08 Å². The molecule has 1 atom stereocenters. The number of hydrogen-bond acceptors (Lipinski definition) is 4. The predicted molar refractivity (Wildman–Crippen MR) is 110 cm³/mol. The third kappa shape index (κ3) is 6.08. The normalized spacial score (nSPS) is 12.2. The summed E-state index contributed by atoms with van der Waals surface area (Å²) in [6, 6.07) is 8.39. The van der Waals surface area contributed by atoms with Gasteiger partial charge in [-0.2, -0.15) is 5.10 Å². The highest BCUT2D eigenvalue weighted by atomic mass is 16.5. The van der Waals surface area contributed by atoms with Crippen LogP contribution in [0.1, 0.15) is 48.3 Å². The van der Waals surface area contributed by atoms with Crippen LogP contribution < -0.4 is 5.32 Å². The fraction of sp³-hybridized carbons (Fsp3) is 0.409. The van der Waals surface area contributed by atoms with Crippen molar-refractivity contribution in [1.82, 2.24) is 15.1 Å². The van der Waals surface area contributed by atoms with Gasteiger partial charge in [-0.25, -0.2) is 4.79 Å². The molecule has 0 aliphatic carbocycles. The highest BCUT2D eigenvalue weighted by Gasteiger charge is 2.11. The van der Waals surface area contributed by atoms with Crippen molar-refractivity contribution in [2.45, 2.75) is 53.6 Å². The molecule has 1 unspecified atom stereocenters. The van der Waals surface area contributed by atoms with E-state index >= 15 is 0 Å². The summed E-state index contributed by atoms with van der Waals surface area (Å²) in [6.07, 6.45) is 3.85. The first kappa shape index (κ1) is 21.4. The van der Waals surface area contributed by atoms with E-state index in [0.717, 1.165) is 23.4 Å². The number of carbonyl (C=O) groups is 2. The van der Waals surface area contributed by atoms with E-state index in [0.29, 0.717) is 6.54 Å². The molecule has 0 spiro atoms. The van der Waals surface area contributed by atoms with Crippen molar-refractivity contribution in [3.8, 4) is 0 Å². The summed E-state index contributed by atoms with van der Waals surface area (Å²) in [5.74, 6) is -0.848. The summed E-state index contributed by atoms with van der Waals surface area (Å²) in [7, 11) is 0. The van der Waals surface area contributed by atoms with E-state index in [2.05, 4.69) is 41.6 Å². The zero-order chi connectivity index (χ0) is 20.7. The first-order chi connectivity index (χ1) is 13.3. The molecule has 0 aliphatic rings. The zero-order valence-electron chi connectivity index (χ0n) is 17.3. The number of aromatic nitrogens is 2. The average molecular weight is 383 g/mol. The van der Waals surface area contributed by atoms with Crippen LogP contribution in [0.2, 0.25) is 0 Å². The van der Waals surface area contributed by atoms with Crippen molar-refractivity contribution < 1.29 is 14.3 Å². The first-order valence-electron chi connectivity index (χ1n) is 9.54. The highest BCUT2D eigenvalue weighted by Crippen LogP contribution is 2.17. The fourth-order valence-corrected chi connectivity index (χ4v) is 2.73. The molecule has 2 aromatic rings. The minimum absolute atomic E-state index is 0.0615. The number of aryl methyl sites for hydroxylation is 2. The Hall–Kier alpha value is -2.89. The quantitative estimate of drug-likeness (QED) is 0.561. The van der Waals surface area contributed by atoms with Gasteiger partial charge < -0.3 is 10.1 Å². The molecule has 6 nitrogen and oxygen atoms in total. The number of carbonyl (C=O) groups excluding carboxylic acids is 2. The van der Waals surface area contributed by atoms with Crippen LogP contribution in [0.4, 0.5) is 0 Å². The Labute approximate surface area is 166 Å². The molecule has 150 valence electrons. The second-order valence-corrected chi connectivity index (χ2v) is 7.05. The fourth-order valence-electron chi connectivity index (χ4n) is 2.73. The topological polar surface area (TPSA) is 73.2 Å². The summed E-state index contributed by atoms with van der Waals surface area (Å²) in [6.45, 7) is 10.2. The van der Waals surface area contributed by atoms with Crippen molar-refractivity contribution in [3.05, 3.63) is 58.4 Å². The maximum atomic E-state index is 11.9. The molecule has 1 aromatic heterocycles. The van der Waals surface area contributed by atoms with Gasteiger partial charge in [0, 0.05) is 23.4 Å². The number of ether oxygens (including phenoxy) is 1. The number of amides is 1. The molecular formula is C22H29N3O3. The molecule has 0 radical (unpaired) electrons. The van der Waals surface area contributed by atoms with Crippen molar-refractivity contribution >= 4 is 18.0 Å². The van der Waals surface area contributed by atoms with Gasteiger partial charge in [-0.05, 0) is 45.8 Å². The van der Waals surface area contributed by atoms with Gasteiger partial charge in [-0.3, -0.25) is 9.48 Å². The van der Waals surface area contributed by atoms with Crippen LogP contribution in [-0.4, -0.2) is 34.3 Å². The number of hydrogen-bond donors (Lipinski definition) is 1. The van der Waals surface area contributed by atoms with Crippen molar-refractivity contribution in [3.63, 3.8) is 0 Å². The maximum Gasteiger partial charge on any atom is 0.331 e. The molecule has 0 saturated carbocycles. The molecule has 0 saturated heterocycles. The first-order valence-corrected chi connectivity index (χ1v) is 9.54. The maximum absolute atomic E-state index is 11.9. The lowest BCUT2D eigenvalue weighted by molar-refractivity contribution is -0.144. The lowest BCUT2D eigenvalue weighted by Crippen LogP contribution is -2.35. The minimum Gasteiger partial charge on any atom is -0.452 e. The third-order valence-electron chi connectivity index (χ3n) is 4.64. The van der Waals surface area contributed by atoms with E-state index in [1.807, 2.05) is 32.4 Å². The Morgan fingerprint density at radius 3 is 2.54 bits per heavy atom. The van der Waals surface area contributed by atoms with Crippen LogP contribution in [0, 0.1) is 20.8 Å². The number of nitrogens with zero attached hydrogens (tertiary/aromatic N) is 2. The SMILES string of the molecule is CCC(C)NC(=O)COC(=O)/C=C/c1c(C)nn(Cc2ccc(C)cc2)c1C. The second kappa shape index (κ2) is 9.88. The van der Waals surface area contributed by atoms with Gasteiger partial charge in [0.2, 0.25) is 0 Å². The van der Waals surface area contributed by atoms with E-state index in [-0.39, 0.29) is 18.6 Å². The Bertz CT molecular complexity index is 851. The Morgan fingerprint density at radius 2 is 1.89 bits per heavy atom.